The van der Waals surface area contributed by atoms with E-state index in [9.17, 15) is 9.59 Å². The third kappa shape index (κ3) is 1.40. The number of carbonyl (C=O) groups excluding carboxylic acids is 1. The highest BCUT2D eigenvalue weighted by Crippen LogP contribution is 2.04. The first-order chi connectivity index (χ1) is 6.70. The highest BCUT2D eigenvalue weighted by molar-refractivity contribution is 6.29. The average molecular weight is 209 g/mol. The molecule has 0 saturated carbocycles. The van der Waals surface area contributed by atoms with Crippen molar-refractivity contribution in [1.82, 2.24) is 9.38 Å². The van der Waals surface area contributed by atoms with Crippen molar-refractivity contribution in [3.05, 3.63) is 45.5 Å². The maximum Gasteiger partial charge on any atom is 0.259 e. The predicted octanol–water partition coefficient (Wildman–Crippen LogP) is 1.16. The molecule has 0 aromatic carbocycles. The molecule has 0 aliphatic heterocycles. The number of aldehydes is 1. The van der Waals surface area contributed by atoms with Crippen LogP contribution in [0.4, 0.5) is 0 Å². The second kappa shape index (κ2) is 3.23. The molecule has 0 saturated heterocycles. The van der Waals surface area contributed by atoms with Gasteiger partial charge in [-0.2, -0.15) is 0 Å². The van der Waals surface area contributed by atoms with E-state index in [-0.39, 0.29) is 10.7 Å². The Morgan fingerprint density at radius 3 is 2.93 bits per heavy atom. The number of hydrogen-bond acceptors (Lipinski definition) is 3. The van der Waals surface area contributed by atoms with E-state index in [1.54, 1.807) is 12.1 Å². The average Bonchev–Trinajstić information content (AvgIpc) is 2.17. The SMILES string of the molecule is O=Cc1ccc2nc(Cl)cc(=O)n2c1. The number of halogens is 1. The van der Waals surface area contributed by atoms with Gasteiger partial charge in [0.1, 0.15) is 10.8 Å². The summed E-state index contributed by atoms with van der Waals surface area (Å²) in [6.07, 6.45) is 2.09. The molecule has 0 bridgehead atoms. The summed E-state index contributed by atoms with van der Waals surface area (Å²) in [7, 11) is 0. The third-order valence-electron chi connectivity index (χ3n) is 1.79. The lowest BCUT2D eigenvalue weighted by atomic mass is 10.3. The molecule has 2 aromatic rings. The van der Waals surface area contributed by atoms with Crippen LogP contribution in [-0.2, 0) is 0 Å². The van der Waals surface area contributed by atoms with Crippen LogP contribution in [0.2, 0.25) is 5.15 Å². The fourth-order valence-electron chi connectivity index (χ4n) is 1.16. The Labute approximate surface area is 83.8 Å². The van der Waals surface area contributed by atoms with Crippen LogP contribution < -0.4 is 5.56 Å². The smallest absolute Gasteiger partial charge is 0.259 e. The van der Waals surface area contributed by atoms with E-state index in [0.717, 1.165) is 0 Å². The van der Waals surface area contributed by atoms with E-state index in [2.05, 4.69) is 4.98 Å². The lowest BCUT2D eigenvalue weighted by Gasteiger charge is -1.99. The van der Waals surface area contributed by atoms with E-state index in [1.807, 2.05) is 0 Å². The Morgan fingerprint density at radius 1 is 1.43 bits per heavy atom. The molecule has 5 heteroatoms. The van der Waals surface area contributed by atoms with Gasteiger partial charge < -0.3 is 0 Å². The Hall–Kier alpha value is -1.68. The zero-order valence-electron chi connectivity index (χ0n) is 6.98. The van der Waals surface area contributed by atoms with Crippen molar-refractivity contribution in [1.29, 1.82) is 0 Å². The fraction of sp³-hybridized carbons (Fsp3) is 0. The van der Waals surface area contributed by atoms with Crippen LogP contribution in [0.1, 0.15) is 10.4 Å². The van der Waals surface area contributed by atoms with E-state index < -0.39 is 0 Å². The molecule has 0 spiro atoms. The number of rotatable bonds is 1. The largest absolute Gasteiger partial charge is 0.298 e. The summed E-state index contributed by atoms with van der Waals surface area (Å²) < 4.78 is 1.27. The highest BCUT2D eigenvalue weighted by Gasteiger charge is 2.00. The van der Waals surface area contributed by atoms with E-state index in [1.165, 1.54) is 16.7 Å². The van der Waals surface area contributed by atoms with Gasteiger partial charge in [0.15, 0.2) is 6.29 Å². The van der Waals surface area contributed by atoms with Crippen LogP contribution in [0, 0.1) is 0 Å². The number of aromatic nitrogens is 2. The maximum atomic E-state index is 11.4. The molecule has 2 aromatic heterocycles. The fourth-order valence-corrected chi connectivity index (χ4v) is 1.34. The molecule has 0 fully saturated rings. The van der Waals surface area contributed by atoms with E-state index in [4.69, 9.17) is 11.6 Å². The standard InChI is InChI=1S/C9H5ClN2O2/c10-7-3-9(14)12-4-6(5-13)1-2-8(12)11-7/h1-5H. The lowest BCUT2D eigenvalue weighted by molar-refractivity contribution is 0.112. The number of fused-ring (bicyclic) bond motifs is 1. The zero-order valence-corrected chi connectivity index (χ0v) is 7.73. The molecule has 0 atom stereocenters. The summed E-state index contributed by atoms with van der Waals surface area (Å²) in [5, 5.41) is 0.147. The molecule has 14 heavy (non-hydrogen) atoms. The molecule has 2 rings (SSSR count). The van der Waals surface area contributed by atoms with Crippen molar-refractivity contribution in [2.24, 2.45) is 0 Å². The molecule has 0 aliphatic rings. The van der Waals surface area contributed by atoms with Crippen molar-refractivity contribution in [2.75, 3.05) is 0 Å². The molecule has 70 valence electrons. The third-order valence-corrected chi connectivity index (χ3v) is 1.98. The van der Waals surface area contributed by atoms with Gasteiger partial charge in [-0.3, -0.25) is 14.0 Å². The van der Waals surface area contributed by atoms with Gasteiger partial charge in [-0.25, -0.2) is 4.98 Å². The van der Waals surface area contributed by atoms with Gasteiger partial charge in [-0.1, -0.05) is 11.6 Å². The summed E-state index contributed by atoms with van der Waals surface area (Å²) in [4.78, 5) is 25.8. The van der Waals surface area contributed by atoms with Crippen LogP contribution in [0.5, 0.6) is 0 Å². The first kappa shape index (κ1) is 8.90. The van der Waals surface area contributed by atoms with Gasteiger partial charge >= 0.3 is 0 Å². The minimum absolute atomic E-state index is 0.147. The van der Waals surface area contributed by atoms with E-state index in [0.29, 0.717) is 17.5 Å². The molecule has 0 radical (unpaired) electrons. The van der Waals surface area contributed by atoms with Gasteiger partial charge in [0, 0.05) is 17.8 Å². The summed E-state index contributed by atoms with van der Waals surface area (Å²) in [5.41, 5.74) is 0.542. The Kier molecular flexibility index (Phi) is 2.05. The molecule has 0 amide bonds. The minimum Gasteiger partial charge on any atom is -0.298 e. The van der Waals surface area contributed by atoms with Crippen molar-refractivity contribution < 1.29 is 4.79 Å². The number of nitrogens with zero attached hydrogens (tertiary/aromatic N) is 2. The number of hydrogen-bond donors (Lipinski definition) is 0. The molecule has 2 heterocycles. The quantitative estimate of drug-likeness (QED) is 0.522. The first-order valence-electron chi connectivity index (χ1n) is 3.85. The minimum atomic E-state index is -0.302. The van der Waals surface area contributed by atoms with E-state index >= 15 is 0 Å². The van der Waals surface area contributed by atoms with Gasteiger partial charge in [-0.15, -0.1) is 0 Å². The Morgan fingerprint density at radius 2 is 2.21 bits per heavy atom. The van der Waals surface area contributed by atoms with Crippen molar-refractivity contribution in [3.8, 4) is 0 Å². The Balaban J connectivity index is 2.89. The first-order valence-corrected chi connectivity index (χ1v) is 4.22. The van der Waals surface area contributed by atoms with Gasteiger partial charge in [0.05, 0.1) is 0 Å². The Bertz CT molecular complexity index is 562. The van der Waals surface area contributed by atoms with Crippen LogP contribution in [0.25, 0.3) is 5.65 Å². The van der Waals surface area contributed by atoms with Gasteiger partial charge in [-0.05, 0) is 12.1 Å². The molecule has 0 unspecified atom stereocenters. The number of pyridine rings is 1. The van der Waals surface area contributed by atoms with Crippen molar-refractivity contribution >= 4 is 23.5 Å². The predicted molar refractivity (Wildman–Crippen MR) is 51.9 cm³/mol. The molecular formula is C9H5ClN2O2. The van der Waals surface area contributed by atoms with Crippen LogP contribution >= 0.6 is 11.6 Å². The van der Waals surface area contributed by atoms with Crippen LogP contribution in [-0.4, -0.2) is 15.7 Å². The van der Waals surface area contributed by atoms with Gasteiger partial charge in [0.2, 0.25) is 0 Å². The van der Waals surface area contributed by atoms with Crippen molar-refractivity contribution in [2.45, 2.75) is 0 Å². The second-order valence-corrected chi connectivity index (χ2v) is 3.11. The summed E-state index contributed by atoms with van der Waals surface area (Å²) in [6, 6.07) is 4.34. The molecule has 0 N–H and O–H groups in total. The summed E-state index contributed by atoms with van der Waals surface area (Å²) in [5.74, 6) is 0. The van der Waals surface area contributed by atoms with Crippen LogP contribution in [0.15, 0.2) is 29.2 Å². The molecular weight excluding hydrogens is 204 g/mol. The van der Waals surface area contributed by atoms with Crippen molar-refractivity contribution in [3.63, 3.8) is 0 Å². The van der Waals surface area contributed by atoms with Gasteiger partial charge in [0.25, 0.3) is 5.56 Å². The van der Waals surface area contributed by atoms with Crippen LogP contribution in [0.3, 0.4) is 0 Å². The second-order valence-electron chi connectivity index (χ2n) is 2.73. The number of carbonyl (C=O) groups is 1. The maximum absolute atomic E-state index is 11.4. The highest BCUT2D eigenvalue weighted by atomic mass is 35.5. The monoisotopic (exact) mass is 208 g/mol. The molecule has 4 nitrogen and oxygen atoms in total. The lowest BCUT2D eigenvalue weighted by Crippen LogP contribution is -2.13. The molecule has 0 aliphatic carbocycles. The summed E-state index contributed by atoms with van der Waals surface area (Å²) in [6.45, 7) is 0. The zero-order chi connectivity index (χ0) is 10.1. The summed E-state index contributed by atoms with van der Waals surface area (Å²) >= 11 is 5.60. The topological polar surface area (TPSA) is 51.4 Å². The normalized spacial score (nSPS) is 10.4.